The van der Waals surface area contributed by atoms with Gasteiger partial charge in [-0.1, -0.05) is 0 Å². The van der Waals surface area contributed by atoms with E-state index in [-0.39, 0.29) is 5.91 Å². The van der Waals surface area contributed by atoms with E-state index in [1.165, 1.54) is 11.3 Å². The predicted octanol–water partition coefficient (Wildman–Crippen LogP) is 3.34. The molecule has 1 N–H and O–H groups in total. The molecule has 0 spiro atoms. The van der Waals surface area contributed by atoms with Gasteiger partial charge < -0.3 is 5.32 Å². The summed E-state index contributed by atoms with van der Waals surface area (Å²) in [5.74, 6) is 0.409. The molecule has 0 bridgehead atoms. The summed E-state index contributed by atoms with van der Waals surface area (Å²) in [6, 6.07) is 7.21. The van der Waals surface area contributed by atoms with Crippen LogP contribution in [-0.4, -0.2) is 20.7 Å². The normalized spacial score (nSPS) is 10.4. The number of hydrogen-bond acceptors (Lipinski definition) is 4. The Morgan fingerprint density at radius 3 is 2.90 bits per heavy atom. The molecule has 1 amide bonds. The zero-order chi connectivity index (χ0) is 13.9. The molecule has 0 aliphatic carbocycles. The van der Waals surface area contributed by atoms with Gasteiger partial charge in [-0.3, -0.25) is 4.79 Å². The second-order valence-corrected chi connectivity index (χ2v) is 5.65. The first-order valence-corrected chi connectivity index (χ1v) is 7.42. The lowest BCUT2D eigenvalue weighted by atomic mass is 10.3. The molecule has 0 unspecified atom stereocenters. The van der Waals surface area contributed by atoms with Crippen LogP contribution in [0.5, 0.6) is 0 Å². The van der Waals surface area contributed by atoms with Crippen molar-refractivity contribution in [1.82, 2.24) is 14.8 Å². The van der Waals surface area contributed by atoms with Gasteiger partial charge in [-0.2, -0.15) is 5.10 Å². The molecule has 0 aliphatic heterocycles. The van der Waals surface area contributed by atoms with E-state index in [1.807, 2.05) is 11.4 Å². The molecule has 7 heteroatoms. The highest BCUT2D eigenvalue weighted by molar-refractivity contribution is 9.10. The summed E-state index contributed by atoms with van der Waals surface area (Å²) in [5, 5.41) is 8.85. The van der Waals surface area contributed by atoms with Crippen LogP contribution >= 0.6 is 27.3 Å². The van der Waals surface area contributed by atoms with Crippen LogP contribution in [0.2, 0.25) is 0 Å². The van der Waals surface area contributed by atoms with Gasteiger partial charge in [0.25, 0.3) is 5.91 Å². The Balaban J connectivity index is 1.92. The highest BCUT2D eigenvalue weighted by Gasteiger charge is 2.14. The highest BCUT2D eigenvalue weighted by Crippen LogP contribution is 2.25. The Labute approximate surface area is 127 Å². The minimum absolute atomic E-state index is 0.173. The Morgan fingerprint density at radius 1 is 1.30 bits per heavy atom. The lowest BCUT2D eigenvalue weighted by Gasteiger charge is -2.09. The molecule has 100 valence electrons. The van der Waals surface area contributed by atoms with Crippen molar-refractivity contribution in [3.63, 3.8) is 0 Å². The molecule has 3 aromatic heterocycles. The summed E-state index contributed by atoms with van der Waals surface area (Å²) >= 11 is 4.73. The molecular weight excluding hydrogens is 340 g/mol. The molecule has 0 aliphatic rings. The van der Waals surface area contributed by atoms with Gasteiger partial charge in [0.15, 0.2) is 5.82 Å². The second-order valence-electron chi connectivity index (χ2n) is 3.88. The van der Waals surface area contributed by atoms with Gasteiger partial charge >= 0.3 is 0 Å². The van der Waals surface area contributed by atoms with E-state index in [2.05, 4.69) is 31.3 Å². The fourth-order valence-electron chi connectivity index (χ4n) is 1.71. The number of halogens is 1. The first kappa shape index (κ1) is 13.0. The van der Waals surface area contributed by atoms with E-state index in [0.29, 0.717) is 16.4 Å². The smallest absolute Gasteiger partial charge is 0.266 e. The van der Waals surface area contributed by atoms with Crippen LogP contribution in [-0.2, 0) is 0 Å². The number of anilines is 1. The van der Waals surface area contributed by atoms with Crippen molar-refractivity contribution in [2.24, 2.45) is 0 Å². The van der Waals surface area contributed by atoms with Gasteiger partial charge in [0.05, 0.1) is 5.69 Å². The zero-order valence-electron chi connectivity index (χ0n) is 10.2. The number of carbonyl (C=O) groups is 1. The van der Waals surface area contributed by atoms with E-state index in [4.69, 9.17) is 0 Å². The third-order valence-corrected chi connectivity index (χ3v) is 4.42. The maximum atomic E-state index is 12.2. The van der Waals surface area contributed by atoms with E-state index in [0.717, 1.165) is 4.47 Å². The third-order valence-electron chi connectivity index (χ3n) is 2.58. The van der Waals surface area contributed by atoms with Crippen molar-refractivity contribution in [2.45, 2.75) is 0 Å². The molecule has 3 rings (SSSR count). The van der Waals surface area contributed by atoms with Crippen molar-refractivity contribution in [3.8, 4) is 5.82 Å². The number of thiophene rings is 1. The Hall–Kier alpha value is -1.99. The minimum Gasteiger partial charge on any atom is -0.318 e. The van der Waals surface area contributed by atoms with E-state index in [1.54, 1.807) is 41.5 Å². The average molecular weight is 349 g/mol. The van der Waals surface area contributed by atoms with Crippen LogP contribution in [0.3, 0.4) is 0 Å². The number of amides is 1. The molecule has 3 heterocycles. The van der Waals surface area contributed by atoms with Crippen molar-refractivity contribution >= 4 is 38.9 Å². The van der Waals surface area contributed by atoms with Crippen LogP contribution in [0.4, 0.5) is 5.69 Å². The van der Waals surface area contributed by atoms with Crippen LogP contribution in [0.15, 0.2) is 52.7 Å². The van der Waals surface area contributed by atoms with E-state index in [9.17, 15) is 4.79 Å². The van der Waals surface area contributed by atoms with E-state index >= 15 is 0 Å². The molecule has 3 aromatic rings. The van der Waals surface area contributed by atoms with Gasteiger partial charge in [0.2, 0.25) is 0 Å². The zero-order valence-corrected chi connectivity index (χ0v) is 12.6. The standard InChI is InChI=1S/C13H9BrN4OS/c14-9-4-8-20-11(9)13(19)17-10-3-1-5-15-12(10)18-7-2-6-16-18/h1-8H,(H,17,19). The second kappa shape index (κ2) is 5.56. The molecule has 0 fully saturated rings. The monoisotopic (exact) mass is 348 g/mol. The van der Waals surface area contributed by atoms with E-state index < -0.39 is 0 Å². The molecular formula is C13H9BrN4OS. The summed E-state index contributed by atoms with van der Waals surface area (Å²) in [4.78, 5) is 17.1. The molecule has 0 saturated heterocycles. The Bertz CT molecular complexity index is 738. The number of rotatable bonds is 3. The minimum atomic E-state index is -0.173. The van der Waals surface area contributed by atoms with Crippen molar-refractivity contribution in [3.05, 3.63) is 57.6 Å². The van der Waals surface area contributed by atoms with Gasteiger partial charge in [-0.25, -0.2) is 9.67 Å². The summed E-state index contributed by atoms with van der Waals surface area (Å²) in [5.41, 5.74) is 0.612. The number of nitrogens with zero attached hydrogens (tertiary/aromatic N) is 3. The SMILES string of the molecule is O=C(Nc1cccnc1-n1cccn1)c1sccc1Br. The lowest BCUT2D eigenvalue weighted by Crippen LogP contribution is -2.14. The third kappa shape index (κ3) is 2.50. The van der Waals surface area contributed by atoms with Gasteiger partial charge in [-0.05, 0) is 45.6 Å². The summed E-state index contributed by atoms with van der Waals surface area (Å²) < 4.78 is 2.39. The summed E-state index contributed by atoms with van der Waals surface area (Å²) in [7, 11) is 0. The number of aromatic nitrogens is 3. The lowest BCUT2D eigenvalue weighted by molar-refractivity contribution is 0.103. The molecule has 0 saturated carbocycles. The van der Waals surface area contributed by atoms with Crippen molar-refractivity contribution < 1.29 is 4.79 Å². The Morgan fingerprint density at radius 2 is 2.20 bits per heavy atom. The summed E-state index contributed by atoms with van der Waals surface area (Å²) in [6.07, 6.45) is 5.10. The fourth-order valence-corrected chi connectivity index (χ4v) is 3.15. The quantitative estimate of drug-likeness (QED) is 0.789. The maximum Gasteiger partial charge on any atom is 0.266 e. The number of nitrogens with one attached hydrogen (secondary N) is 1. The summed E-state index contributed by atoms with van der Waals surface area (Å²) in [6.45, 7) is 0. The predicted molar refractivity (Wildman–Crippen MR) is 81.3 cm³/mol. The number of pyridine rings is 1. The Kier molecular flexibility index (Phi) is 3.62. The van der Waals surface area contributed by atoms with Crippen molar-refractivity contribution in [2.75, 3.05) is 5.32 Å². The average Bonchev–Trinajstić information content (AvgIpc) is 3.10. The topological polar surface area (TPSA) is 59.8 Å². The molecule has 0 atom stereocenters. The van der Waals surface area contributed by atoms with Crippen LogP contribution in [0.1, 0.15) is 9.67 Å². The highest BCUT2D eigenvalue weighted by atomic mass is 79.9. The first-order valence-electron chi connectivity index (χ1n) is 5.75. The van der Waals surface area contributed by atoms with Crippen LogP contribution in [0, 0.1) is 0 Å². The van der Waals surface area contributed by atoms with Crippen molar-refractivity contribution in [1.29, 1.82) is 0 Å². The van der Waals surface area contributed by atoms with Crippen LogP contribution in [0.25, 0.3) is 5.82 Å². The molecule has 20 heavy (non-hydrogen) atoms. The molecule has 0 aromatic carbocycles. The van der Waals surface area contributed by atoms with Gasteiger partial charge in [-0.15, -0.1) is 11.3 Å². The fraction of sp³-hybridized carbons (Fsp3) is 0. The molecule has 0 radical (unpaired) electrons. The number of carbonyl (C=O) groups excluding carboxylic acids is 1. The molecule has 5 nitrogen and oxygen atoms in total. The maximum absolute atomic E-state index is 12.2. The number of hydrogen-bond donors (Lipinski definition) is 1. The first-order chi connectivity index (χ1) is 9.75. The van der Waals surface area contributed by atoms with Crippen LogP contribution < -0.4 is 5.32 Å². The van der Waals surface area contributed by atoms with Gasteiger partial charge in [0.1, 0.15) is 4.88 Å². The van der Waals surface area contributed by atoms with Gasteiger partial charge in [0, 0.05) is 23.1 Å². The largest absolute Gasteiger partial charge is 0.318 e.